The van der Waals surface area contributed by atoms with Crippen LogP contribution in [-0.4, -0.2) is 20.4 Å². The Morgan fingerprint density at radius 3 is 2.48 bits per heavy atom. The first-order valence-electron chi connectivity index (χ1n) is 6.51. The maximum Gasteiger partial charge on any atom is 0.270 e. The van der Waals surface area contributed by atoms with Crippen LogP contribution >= 0.6 is 46.6 Å². The number of halogens is 1. The number of phenolic OH excluding ortho intramolecular Hbond substituents is 2. The smallest absolute Gasteiger partial charge is 0.270 e. The number of anilines is 1. The molecular weight excluding hydrogens is 445 g/mol. The van der Waals surface area contributed by atoms with Gasteiger partial charge in [-0.2, -0.15) is 0 Å². The van der Waals surface area contributed by atoms with Crippen LogP contribution < -0.4 is 4.90 Å². The Morgan fingerprint density at radius 2 is 1.83 bits per heavy atom. The van der Waals surface area contributed by atoms with E-state index >= 15 is 0 Å². The van der Waals surface area contributed by atoms with Crippen LogP contribution in [0.2, 0.25) is 0 Å². The number of benzene rings is 2. The molecule has 0 saturated carbocycles. The number of nitrogens with zero attached hydrogens (tertiary/aromatic N) is 1. The number of amides is 1. The van der Waals surface area contributed by atoms with E-state index in [-0.39, 0.29) is 17.4 Å². The van der Waals surface area contributed by atoms with Crippen LogP contribution in [0, 0.1) is 3.57 Å². The van der Waals surface area contributed by atoms with Crippen LogP contribution in [0.1, 0.15) is 5.56 Å². The SMILES string of the molecule is O=C1C(=Cc2ccc(O)cc2O)SC(=S)N1c1ccc(I)cc1. The quantitative estimate of drug-likeness (QED) is 0.406. The number of aromatic hydroxyl groups is 2. The summed E-state index contributed by atoms with van der Waals surface area (Å²) in [6.45, 7) is 0. The molecule has 2 aromatic rings. The first-order valence-corrected chi connectivity index (χ1v) is 8.81. The van der Waals surface area contributed by atoms with Crippen molar-refractivity contribution in [1.29, 1.82) is 0 Å². The van der Waals surface area contributed by atoms with Crippen molar-refractivity contribution >= 4 is 68.6 Å². The van der Waals surface area contributed by atoms with Crippen LogP contribution in [0.5, 0.6) is 11.5 Å². The number of phenols is 2. The largest absolute Gasteiger partial charge is 0.508 e. The lowest BCUT2D eigenvalue weighted by Gasteiger charge is -2.14. The molecule has 23 heavy (non-hydrogen) atoms. The van der Waals surface area contributed by atoms with Gasteiger partial charge in [-0.05, 0) is 65.1 Å². The number of carbonyl (C=O) groups excluding carboxylic acids is 1. The van der Waals surface area contributed by atoms with E-state index in [4.69, 9.17) is 12.2 Å². The summed E-state index contributed by atoms with van der Waals surface area (Å²) < 4.78 is 1.52. The minimum atomic E-state index is -0.228. The van der Waals surface area contributed by atoms with Gasteiger partial charge in [-0.15, -0.1) is 0 Å². The minimum absolute atomic E-state index is 0.0360. The van der Waals surface area contributed by atoms with Crippen molar-refractivity contribution < 1.29 is 15.0 Å². The van der Waals surface area contributed by atoms with Crippen molar-refractivity contribution in [2.75, 3.05) is 4.90 Å². The highest BCUT2D eigenvalue weighted by atomic mass is 127. The Morgan fingerprint density at radius 1 is 1.13 bits per heavy atom. The van der Waals surface area contributed by atoms with E-state index < -0.39 is 0 Å². The predicted octanol–water partition coefficient (Wildman–Crippen LogP) is 4.11. The Bertz CT molecular complexity index is 834. The highest BCUT2D eigenvalue weighted by Crippen LogP contribution is 2.37. The van der Waals surface area contributed by atoms with Crippen LogP contribution in [0.4, 0.5) is 5.69 Å². The van der Waals surface area contributed by atoms with Crippen molar-refractivity contribution in [2.45, 2.75) is 0 Å². The van der Waals surface area contributed by atoms with E-state index in [0.29, 0.717) is 20.5 Å². The third kappa shape index (κ3) is 3.36. The molecule has 0 aliphatic carbocycles. The van der Waals surface area contributed by atoms with Gasteiger partial charge in [0, 0.05) is 15.2 Å². The second-order valence-corrected chi connectivity index (χ2v) is 7.66. The van der Waals surface area contributed by atoms with Gasteiger partial charge >= 0.3 is 0 Å². The molecule has 2 N–H and O–H groups in total. The molecule has 0 radical (unpaired) electrons. The van der Waals surface area contributed by atoms with Crippen molar-refractivity contribution in [3.63, 3.8) is 0 Å². The van der Waals surface area contributed by atoms with Gasteiger partial charge in [-0.1, -0.05) is 24.0 Å². The Hall–Kier alpha value is -1.58. The molecular formula is C16H10INO3S2. The van der Waals surface area contributed by atoms with E-state index in [1.54, 1.807) is 12.1 Å². The molecule has 3 rings (SSSR count). The predicted molar refractivity (Wildman–Crippen MR) is 105 cm³/mol. The van der Waals surface area contributed by atoms with Crippen molar-refractivity contribution in [1.82, 2.24) is 0 Å². The first-order chi connectivity index (χ1) is 11.0. The van der Waals surface area contributed by atoms with E-state index in [1.807, 2.05) is 24.3 Å². The molecule has 116 valence electrons. The lowest BCUT2D eigenvalue weighted by atomic mass is 10.1. The Balaban J connectivity index is 1.94. The maximum absolute atomic E-state index is 12.6. The van der Waals surface area contributed by atoms with Crippen molar-refractivity contribution in [2.24, 2.45) is 0 Å². The normalized spacial score (nSPS) is 16.4. The number of carbonyl (C=O) groups is 1. The van der Waals surface area contributed by atoms with E-state index in [0.717, 1.165) is 3.57 Å². The van der Waals surface area contributed by atoms with Gasteiger partial charge in [0.1, 0.15) is 11.5 Å². The number of rotatable bonds is 2. The topological polar surface area (TPSA) is 60.8 Å². The first kappa shape index (κ1) is 16.3. The fourth-order valence-corrected chi connectivity index (χ4v) is 3.73. The Labute approximate surface area is 156 Å². The average Bonchev–Trinajstić information content (AvgIpc) is 2.78. The number of hydrogen-bond donors (Lipinski definition) is 2. The van der Waals surface area contributed by atoms with E-state index in [1.165, 1.54) is 28.8 Å². The van der Waals surface area contributed by atoms with Gasteiger partial charge in [-0.3, -0.25) is 9.69 Å². The highest BCUT2D eigenvalue weighted by molar-refractivity contribution is 14.1. The van der Waals surface area contributed by atoms with Gasteiger partial charge in [-0.25, -0.2) is 0 Å². The lowest BCUT2D eigenvalue weighted by molar-refractivity contribution is -0.113. The standard InChI is InChI=1S/C16H10INO3S2/c17-10-2-4-11(5-3-10)18-15(21)14(23-16(18)22)7-9-1-6-12(19)8-13(9)20/h1-8,19-20H. The number of hydrogen-bond acceptors (Lipinski definition) is 5. The third-order valence-corrected chi connectivity index (χ3v) is 5.20. The maximum atomic E-state index is 12.6. The van der Waals surface area contributed by atoms with Crippen LogP contribution in [0.25, 0.3) is 6.08 Å². The minimum Gasteiger partial charge on any atom is -0.508 e. The molecule has 1 amide bonds. The summed E-state index contributed by atoms with van der Waals surface area (Å²) in [6, 6.07) is 11.7. The molecule has 1 aliphatic rings. The van der Waals surface area contributed by atoms with Gasteiger partial charge in [0.25, 0.3) is 5.91 Å². The molecule has 1 saturated heterocycles. The summed E-state index contributed by atoms with van der Waals surface area (Å²) in [6.07, 6.45) is 1.57. The summed E-state index contributed by atoms with van der Waals surface area (Å²) in [5, 5.41) is 19.2. The molecule has 0 spiro atoms. The van der Waals surface area contributed by atoms with E-state index in [2.05, 4.69) is 22.6 Å². The number of thiocarbonyl (C=S) groups is 1. The third-order valence-electron chi connectivity index (χ3n) is 3.18. The molecule has 1 aliphatic heterocycles. The molecule has 7 heteroatoms. The number of thioether (sulfide) groups is 1. The zero-order valence-corrected chi connectivity index (χ0v) is 15.4. The van der Waals surface area contributed by atoms with Crippen LogP contribution in [0.3, 0.4) is 0 Å². The molecule has 0 aromatic heterocycles. The molecule has 0 atom stereocenters. The zero-order valence-electron chi connectivity index (χ0n) is 11.6. The molecule has 1 fully saturated rings. The zero-order chi connectivity index (χ0) is 16.6. The summed E-state index contributed by atoms with van der Waals surface area (Å²) in [5.74, 6) is -0.357. The van der Waals surface area contributed by atoms with Gasteiger partial charge < -0.3 is 10.2 Å². The van der Waals surface area contributed by atoms with Crippen LogP contribution in [0.15, 0.2) is 47.4 Å². The second kappa shape index (κ2) is 6.50. The molecule has 0 unspecified atom stereocenters. The summed E-state index contributed by atoms with van der Waals surface area (Å²) >= 11 is 8.68. The average molecular weight is 455 g/mol. The molecule has 0 bridgehead atoms. The summed E-state index contributed by atoms with van der Waals surface area (Å²) in [7, 11) is 0. The monoisotopic (exact) mass is 455 g/mol. The molecule has 4 nitrogen and oxygen atoms in total. The van der Waals surface area contributed by atoms with Crippen molar-refractivity contribution in [3.8, 4) is 11.5 Å². The van der Waals surface area contributed by atoms with Gasteiger partial charge in [0.05, 0.1) is 10.6 Å². The van der Waals surface area contributed by atoms with Crippen molar-refractivity contribution in [3.05, 3.63) is 56.5 Å². The van der Waals surface area contributed by atoms with Gasteiger partial charge in [0.2, 0.25) is 0 Å². The Kier molecular flexibility index (Phi) is 4.60. The molecule has 2 aromatic carbocycles. The fraction of sp³-hybridized carbons (Fsp3) is 0. The molecule has 1 heterocycles. The fourth-order valence-electron chi connectivity index (χ4n) is 2.08. The lowest BCUT2D eigenvalue weighted by Crippen LogP contribution is -2.27. The summed E-state index contributed by atoms with van der Waals surface area (Å²) in [5.41, 5.74) is 1.16. The van der Waals surface area contributed by atoms with E-state index in [9.17, 15) is 15.0 Å². The van der Waals surface area contributed by atoms with Gasteiger partial charge in [0.15, 0.2) is 4.32 Å². The van der Waals surface area contributed by atoms with Crippen LogP contribution in [-0.2, 0) is 4.79 Å². The highest BCUT2D eigenvalue weighted by Gasteiger charge is 2.33. The second-order valence-electron chi connectivity index (χ2n) is 4.74. The summed E-state index contributed by atoms with van der Waals surface area (Å²) in [4.78, 5) is 14.5.